The standard InChI is InChI=1S/C20H30O3/c1-13-7-8-15-16(6-5-10-19(15,2)3)20(13,4)11-9-14-12-17(21)23-18(14)22/h12-13,18,22H,5-11H2,1-4H3/t13?,18?,20-/m0/s1. The molecule has 0 aromatic rings. The van der Waals surface area contributed by atoms with E-state index in [1.54, 1.807) is 11.1 Å². The van der Waals surface area contributed by atoms with Crippen LogP contribution in [0, 0.1) is 16.7 Å². The number of aliphatic hydroxyl groups excluding tert-OH is 1. The van der Waals surface area contributed by atoms with E-state index in [2.05, 4.69) is 27.7 Å². The molecule has 2 unspecified atom stereocenters. The molecule has 0 bridgehead atoms. The molecule has 0 radical (unpaired) electrons. The van der Waals surface area contributed by atoms with Crippen molar-refractivity contribution in [1.82, 2.24) is 0 Å². The Hall–Kier alpha value is -1.09. The van der Waals surface area contributed by atoms with Gasteiger partial charge in [-0.2, -0.15) is 0 Å². The van der Waals surface area contributed by atoms with Gasteiger partial charge in [0.1, 0.15) is 0 Å². The first-order chi connectivity index (χ1) is 10.7. The first-order valence-electron chi connectivity index (χ1n) is 9.06. The van der Waals surface area contributed by atoms with Crippen molar-refractivity contribution in [2.24, 2.45) is 16.7 Å². The summed E-state index contributed by atoms with van der Waals surface area (Å²) in [4.78, 5) is 11.3. The molecule has 1 N–H and O–H groups in total. The Morgan fingerprint density at radius 3 is 2.65 bits per heavy atom. The van der Waals surface area contributed by atoms with Crippen molar-refractivity contribution >= 4 is 5.97 Å². The van der Waals surface area contributed by atoms with Crippen LogP contribution in [-0.2, 0) is 9.53 Å². The van der Waals surface area contributed by atoms with Gasteiger partial charge in [-0.3, -0.25) is 0 Å². The molecule has 1 heterocycles. The zero-order chi connectivity index (χ0) is 16.8. The maximum absolute atomic E-state index is 11.3. The van der Waals surface area contributed by atoms with E-state index < -0.39 is 12.3 Å². The Bertz CT molecular complexity index is 569. The van der Waals surface area contributed by atoms with Gasteiger partial charge in [-0.05, 0) is 61.7 Å². The largest absolute Gasteiger partial charge is 0.429 e. The van der Waals surface area contributed by atoms with Gasteiger partial charge in [-0.15, -0.1) is 0 Å². The SMILES string of the molecule is CC1CCC2=C(CCCC2(C)C)[C@@]1(C)CCC1=CC(=O)OC1O. The van der Waals surface area contributed by atoms with Gasteiger partial charge in [0.15, 0.2) is 0 Å². The summed E-state index contributed by atoms with van der Waals surface area (Å²) in [6, 6.07) is 0. The second-order valence-corrected chi connectivity index (χ2v) is 8.56. The summed E-state index contributed by atoms with van der Waals surface area (Å²) in [5.41, 5.74) is 4.62. The number of esters is 1. The highest BCUT2D eigenvalue weighted by Crippen LogP contribution is 2.56. The summed E-state index contributed by atoms with van der Waals surface area (Å²) in [7, 11) is 0. The Morgan fingerprint density at radius 1 is 1.26 bits per heavy atom. The molecule has 3 nitrogen and oxygen atoms in total. The number of carbonyl (C=O) groups excluding carboxylic acids is 1. The maximum Gasteiger partial charge on any atom is 0.333 e. The fraction of sp³-hybridized carbons (Fsp3) is 0.750. The molecule has 0 saturated carbocycles. The molecular formula is C20H30O3. The van der Waals surface area contributed by atoms with Crippen LogP contribution in [0.2, 0.25) is 0 Å². The van der Waals surface area contributed by atoms with Gasteiger partial charge in [-0.25, -0.2) is 4.79 Å². The number of cyclic esters (lactones) is 1. The molecule has 3 aliphatic rings. The Morgan fingerprint density at radius 2 is 2.00 bits per heavy atom. The number of rotatable bonds is 3. The highest BCUT2D eigenvalue weighted by atomic mass is 16.6. The van der Waals surface area contributed by atoms with Crippen LogP contribution in [-0.4, -0.2) is 17.4 Å². The lowest BCUT2D eigenvalue weighted by molar-refractivity contribution is -0.151. The van der Waals surface area contributed by atoms with Crippen molar-refractivity contribution in [3.63, 3.8) is 0 Å². The first-order valence-corrected chi connectivity index (χ1v) is 9.06. The van der Waals surface area contributed by atoms with Gasteiger partial charge in [-0.1, -0.05) is 38.8 Å². The first kappa shape index (κ1) is 16.8. The molecular weight excluding hydrogens is 288 g/mol. The van der Waals surface area contributed by atoms with Crippen LogP contribution >= 0.6 is 0 Å². The number of hydrogen-bond acceptors (Lipinski definition) is 3. The minimum absolute atomic E-state index is 0.178. The van der Waals surface area contributed by atoms with E-state index in [0.717, 1.165) is 18.4 Å². The summed E-state index contributed by atoms with van der Waals surface area (Å²) < 4.78 is 4.83. The normalized spacial score (nSPS) is 36.6. The fourth-order valence-corrected chi connectivity index (χ4v) is 4.95. The molecule has 3 rings (SSSR count). The molecule has 0 aromatic heterocycles. The highest BCUT2D eigenvalue weighted by molar-refractivity contribution is 5.85. The Kier molecular flexibility index (Phi) is 4.20. The van der Waals surface area contributed by atoms with Gasteiger partial charge in [0.05, 0.1) is 0 Å². The summed E-state index contributed by atoms with van der Waals surface area (Å²) >= 11 is 0. The zero-order valence-electron chi connectivity index (χ0n) is 14.9. The second kappa shape index (κ2) is 5.77. The summed E-state index contributed by atoms with van der Waals surface area (Å²) in [6.45, 7) is 9.56. The third kappa shape index (κ3) is 2.88. The monoisotopic (exact) mass is 318 g/mol. The van der Waals surface area contributed by atoms with E-state index in [1.165, 1.54) is 38.2 Å². The summed E-state index contributed by atoms with van der Waals surface area (Å²) in [5, 5.41) is 9.83. The van der Waals surface area contributed by atoms with Crippen LogP contribution < -0.4 is 0 Å². The van der Waals surface area contributed by atoms with E-state index in [0.29, 0.717) is 11.3 Å². The zero-order valence-corrected chi connectivity index (χ0v) is 14.9. The van der Waals surface area contributed by atoms with Crippen LogP contribution in [0.4, 0.5) is 0 Å². The minimum atomic E-state index is -1.03. The number of carbonyl (C=O) groups is 1. The van der Waals surface area contributed by atoms with Crippen molar-refractivity contribution in [1.29, 1.82) is 0 Å². The van der Waals surface area contributed by atoms with Crippen LogP contribution in [0.1, 0.15) is 72.6 Å². The molecule has 0 aromatic carbocycles. The Balaban J connectivity index is 1.86. The molecule has 0 spiro atoms. The van der Waals surface area contributed by atoms with E-state index >= 15 is 0 Å². The molecule has 3 atom stereocenters. The van der Waals surface area contributed by atoms with E-state index in [-0.39, 0.29) is 5.41 Å². The van der Waals surface area contributed by atoms with Crippen molar-refractivity contribution in [3.8, 4) is 0 Å². The Labute approximate surface area is 139 Å². The lowest BCUT2D eigenvalue weighted by atomic mass is 9.55. The topological polar surface area (TPSA) is 46.5 Å². The molecule has 0 saturated heterocycles. The minimum Gasteiger partial charge on any atom is -0.429 e. The van der Waals surface area contributed by atoms with Gasteiger partial charge in [0, 0.05) is 11.6 Å². The molecule has 3 heteroatoms. The predicted molar refractivity (Wildman–Crippen MR) is 90.6 cm³/mol. The van der Waals surface area contributed by atoms with Crippen LogP contribution in [0.3, 0.4) is 0 Å². The van der Waals surface area contributed by atoms with Crippen molar-refractivity contribution in [2.45, 2.75) is 78.9 Å². The lowest BCUT2D eigenvalue weighted by Crippen LogP contribution is -2.37. The molecule has 0 amide bonds. The van der Waals surface area contributed by atoms with Crippen LogP contribution in [0.15, 0.2) is 22.8 Å². The van der Waals surface area contributed by atoms with Gasteiger partial charge in [0.25, 0.3) is 0 Å². The number of aliphatic hydroxyl groups is 1. The fourth-order valence-electron chi connectivity index (χ4n) is 4.95. The lowest BCUT2D eigenvalue weighted by Gasteiger charge is -2.50. The smallest absolute Gasteiger partial charge is 0.333 e. The predicted octanol–water partition coefficient (Wildman–Crippen LogP) is 4.51. The van der Waals surface area contributed by atoms with Crippen molar-refractivity contribution < 1.29 is 14.6 Å². The molecule has 128 valence electrons. The van der Waals surface area contributed by atoms with E-state index in [9.17, 15) is 9.90 Å². The maximum atomic E-state index is 11.3. The molecule has 23 heavy (non-hydrogen) atoms. The average molecular weight is 318 g/mol. The van der Waals surface area contributed by atoms with Crippen LogP contribution in [0.5, 0.6) is 0 Å². The second-order valence-electron chi connectivity index (χ2n) is 8.56. The third-order valence-corrected chi connectivity index (χ3v) is 6.80. The molecule has 1 aliphatic heterocycles. The van der Waals surface area contributed by atoms with Gasteiger partial charge >= 0.3 is 5.97 Å². The third-order valence-electron chi connectivity index (χ3n) is 6.80. The van der Waals surface area contributed by atoms with E-state index in [1.807, 2.05) is 0 Å². The summed E-state index contributed by atoms with van der Waals surface area (Å²) in [6.07, 6.45) is 8.46. The van der Waals surface area contributed by atoms with E-state index in [4.69, 9.17) is 4.74 Å². The van der Waals surface area contributed by atoms with Gasteiger partial charge < -0.3 is 9.84 Å². The summed E-state index contributed by atoms with van der Waals surface area (Å²) in [5.74, 6) is 0.235. The van der Waals surface area contributed by atoms with Crippen molar-refractivity contribution in [2.75, 3.05) is 0 Å². The highest BCUT2D eigenvalue weighted by Gasteiger charge is 2.44. The average Bonchev–Trinajstić information content (AvgIpc) is 2.79. The molecule has 2 aliphatic carbocycles. The number of ether oxygens (including phenoxy) is 1. The van der Waals surface area contributed by atoms with Crippen LogP contribution in [0.25, 0.3) is 0 Å². The molecule has 0 fully saturated rings. The number of hydrogen-bond donors (Lipinski definition) is 1. The van der Waals surface area contributed by atoms with Crippen molar-refractivity contribution in [3.05, 3.63) is 22.8 Å². The number of allylic oxidation sites excluding steroid dienone is 2. The van der Waals surface area contributed by atoms with Gasteiger partial charge in [0.2, 0.25) is 6.29 Å². The quantitative estimate of drug-likeness (QED) is 0.615.